The minimum Gasteiger partial charge on any atom is -0.480 e. The average molecular weight is 347 g/mol. The molecule has 0 atom stereocenters. The summed E-state index contributed by atoms with van der Waals surface area (Å²) in [6.45, 7) is 0.464. The van der Waals surface area contributed by atoms with Crippen LogP contribution < -0.4 is 10.1 Å². The number of carbonyl (C=O) groups is 2. The fourth-order valence-corrected chi connectivity index (χ4v) is 2.42. The predicted molar refractivity (Wildman–Crippen MR) is 75.4 cm³/mol. The Kier molecular flexibility index (Phi) is 5.33. The second kappa shape index (κ2) is 7.08. The van der Waals surface area contributed by atoms with Crippen LogP contribution in [-0.4, -0.2) is 42.1 Å². The maximum absolute atomic E-state index is 12.1. The third-order valence-corrected chi connectivity index (χ3v) is 3.66. The van der Waals surface area contributed by atoms with E-state index in [0.717, 1.165) is 12.1 Å². The summed E-state index contributed by atoms with van der Waals surface area (Å²) in [5, 5.41) is 11.9. The number of benzene rings is 1. The van der Waals surface area contributed by atoms with Gasteiger partial charge in [-0.15, -0.1) is 13.2 Å². The number of ether oxygens (including phenoxy) is 2. The number of carbonyl (C=O) groups excluding carboxylic acids is 1. The second-order valence-electron chi connectivity index (χ2n) is 5.42. The lowest BCUT2D eigenvalue weighted by molar-refractivity contribution is -0.274. The van der Waals surface area contributed by atoms with Crippen LogP contribution in [0.1, 0.15) is 18.4 Å². The fraction of sp³-hybridized carbons (Fsp3) is 0.467. The lowest BCUT2D eigenvalue weighted by atomic mass is 9.90. The van der Waals surface area contributed by atoms with Gasteiger partial charge in [0, 0.05) is 26.1 Å². The highest BCUT2D eigenvalue weighted by Crippen LogP contribution is 2.24. The number of carboxylic acid groups (broad SMARTS) is 1. The molecule has 1 fully saturated rings. The van der Waals surface area contributed by atoms with Crippen LogP contribution in [0.5, 0.6) is 5.75 Å². The zero-order valence-corrected chi connectivity index (χ0v) is 12.6. The van der Waals surface area contributed by atoms with Gasteiger partial charge in [-0.25, -0.2) is 4.79 Å². The van der Waals surface area contributed by atoms with Crippen molar-refractivity contribution in [3.8, 4) is 5.75 Å². The zero-order chi connectivity index (χ0) is 17.8. The molecule has 1 aliphatic rings. The molecule has 0 unspecified atom stereocenters. The molecule has 132 valence electrons. The van der Waals surface area contributed by atoms with Crippen molar-refractivity contribution in [3.63, 3.8) is 0 Å². The van der Waals surface area contributed by atoms with Crippen molar-refractivity contribution in [2.45, 2.75) is 31.2 Å². The van der Waals surface area contributed by atoms with Crippen molar-refractivity contribution in [2.75, 3.05) is 13.2 Å². The molecular weight excluding hydrogens is 331 g/mol. The summed E-state index contributed by atoms with van der Waals surface area (Å²) in [4.78, 5) is 23.5. The van der Waals surface area contributed by atoms with Gasteiger partial charge in [0.05, 0.1) is 6.42 Å². The van der Waals surface area contributed by atoms with Crippen LogP contribution >= 0.6 is 0 Å². The first-order chi connectivity index (χ1) is 11.2. The second-order valence-corrected chi connectivity index (χ2v) is 5.42. The van der Waals surface area contributed by atoms with Crippen LogP contribution in [0.4, 0.5) is 13.2 Å². The summed E-state index contributed by atoms with van der Waals surface area (Å²) in [6, 6.07) is 4.82. The fourth-order valence-electron chi connectivity index (χ4n) is 2.42. The third kappa shape index (κ3) is 4.85. The van der Waals surface area contributed by atoms with Crippen molar-refractivity contribution in [2.24, 2.45) is 0 Å². The highest BCUT2D eigenvalue weighted by molar-refractivity contribution is 5.88. The minimum atomic E-state index is -4.78. The minimum absolute atomic E-state index is 0.151. The van der Waals surface area contributed by atoms with Gasteiger partial charge in [0.2, 0.25) is 5.91 Å². The Morgan fingerprint density at radius 2 is 1.79 bits per heavy atom. The summed E-state index contributed by atoms with van der Waals surface area (Å²) in [5.74, 6) is -2.05. The van der Waals surface area contributed by atoms with E-state index in [-0.39, 0.29) is 32.5 Å². The quantitative estimate of drug-likeness (QED) is 0.850. The molecule has 9 heteroatoms. The smallest absolute Gasteiger partial charge is 0.480 e. The van der Waals surface area contributed by atoms with Crippen molar-refractivity contribution in [3.05, 3.63) is 29.8 Å². The summed E-state index contributed by atoms with van der Waals surface area (Å²) >= 11 is 0. The number of nitrogens with one attached hydrogen (secondary N) is 1. The molecule has 0 radical (unpaired) electrons. The summed E-state index contributed by atoms with van der Waals surface area (Å²) < 4.78 is 45.1. The van der Waals surface area contributed by atoms with E-state index in [9.17, 15) is 27.9 Å². The monoisotopic (exact) mass is 347 g/mol. The number of amides is 1. The van der Waals surface area contributed by atoms with Gasteiger partial charge in [-0.2, -0.15) is 0 Å². The molecular formula is C15H16F3NO5. The zero-order valence-electron chi connectivity index (χ0n) is 12.6. The summed E-state index contributed by atoms with van der Waals surface area (Å²) in [6.07, 6.45) is -4.61. The van der Waals surface area contributed by atoms with E-state index < -0.39 is 29.5 Å². The maximum atomic E-state index is 12.1. The number of hydrogen-bond acceptors (Lipinski definition) is 4. The van der Waals surface area contributed by atoms with Gasteiger partial charge in [0.25, 0.3) is 0 Å². The molecule has 1 saturated heterocycles. The van der Waals surface area contributed by atoms with E-state index in [1.165, 1.54) is 12.1 Å². The molecule has 24 heavy (non-hydrogen) atoms. The Morgan fingerprint density at radius 3 is 2.29 bits per heavy atom. The molecule has 1 aromatic rings. The Balaban J connectivity index is 1.97. The van der Waals surface area contributed by atoms with Gasteiger partial charge in [0.15, 0.2) is 0 Å². The Labute approximate surface area is 135 Å². The molecule has 0 aliphatic carbocycles. The number of aliphatic carboxylic acids is 1. The lowest BCUT2D eigenvalue weighted by Crippen LogP contribution is -2.57. The molecule has 1 aromatic carbocycles. The number of halogens is 3. The van der Waals surface area contributed by atoms with Gasteiger partial charge in [-0.3, -0.25) is 4.79 Å². The number of hydrogen-bond donors (Lipinski definition) is 2. The molecule has 2 N–H and O–H groups in total. The number of carboxylic acids is 1. The van der Waals surface area contributed by atoms with Gasteiger partial charge in [0.1, 0.15) is 11.3 Å². The van der Waals surface area contributed by atoms with Crippen molar-refractivity contribution >= 4 is 11.9 Å². The number of rotatable bonds is 5. The lowest BCUT2D eigenvalue weighted by Gasteiger charge is -2.33. The molecule has 0 spiro atoms. The Hall–Kier alpha value is -2.29. The SMILES string of the molecule is O=C(Cc1ccc(OC(F)(F)F)cc1)NC1(C(=O)O)CCOCC1. The van der Waals surface area contributed by atoms with Crippen LogP contribution in [0, 0.1) is 0 Å². The Bertz CT molecular complexity index is 594. The molecule has 0 saturated carbocycles. The van der Waals surface area contributed by atoms with Crippen LogP contribution in [0.3, 0.4) is 0 Å². The van der Waals surface area contributed by atoms with E-state index in [2.05, 4.69) is 10.1 Å². The molecule has 2 rings (SSSR count). The maximum Gasteiger partial charge on any atom is 0.573 e. The number of alkyl halides is 3. The van der Waals surface area contributed by atoms with Crippen LogP contribution in [0.15, 0.2) is 24.3 Å². The molecule has 0 bridgehead atoms. The highest BCUT2D eigenvalue weighted by Gasteiger charge is 2.41. The topological polar surface area (TPSA) is 84.9 Å². The van der Waals surface area contributed by atoms with Gasteiger partial charge in [-0.1, -0.05) is 12.1 Å². The van der Waals surface area contributed by atoms with Crippen molar-refractivity contribution < 1.29 is 37.3 Å². The van der Waals surface area contributed by atoms with Crippen molar-refractivity contribution in [1.29, 1.82) is 0 Å². The first-order valence-electron chi connectivity index (χ1n) is 7.17. The standard InChI is InChI=1S/C15H16F3NO5/c16-15(17,18)24-11-3-1-10(2-4-11)9-12(20)19-14(13(21)22)5-7-23-8-6-14/h1-4H,5-9H2,(H,19,20)(H,21,22). The molecule has 1 amide bonds. The average Bonchev–Trinajstić information content (AvgIpc) is 2.48. The van der Waals surface area contributed by atoms with Gasteiger partial charge < -0.3 is 19.9 Å². The normalized spacial score (nSPS) is 17.1. The molecule has 6 nitrogen and oxygen atoms in total. The first kappa shape index (κ1) is 18.1. The van der Waals surface area contributed by atoms with Crippen LogP contribution in [-0.2, 0) is 20.7 Å². The predicted octanol–water partition coefficient (Wildman–Crippen LogP) is 1.88. The van der Waals surface area contributed by atoms with E-state index in [1.807, 2.05) is 0 Å². The van der Waals surface area contributed by atoms with Crippen LogP contribution in [0.2, 0.25) is 0 Å². The Morgan fingerprint density at radius 1 is 1.21 bits per heavy atom. The van der Waals surface area contributed by atoms with Crippen LogP contribution in [0.25, 0.3) is 0 Å². The summed E-state index contributed by atoms with van der Waals surface area (Å²) in [7, 11) is 0. The van der Waals surface area contributed by atoms with E-state index in [0.29, 0.717) is 5.56 Å². The van der Waals surface area contributed by atoms with Crippen molar-refractivity contribution in [1.82, 2.24) is 5.32 Å². The molecule has 1 heterocycles. The van der Waals surface area contributed by atoms with Gasteiger partial charge in [-0.05, 0) is 17.7 Å². The third-order valence-electron chi connectivity index (χ3n) is 3.66. The molecule has 1 aliphatic heterocycles. The van der Waals surface area contributed by atoms with E-state index in [4.69, 9.17) is 4.74 Å². The largest absolute Gasteiger partial charge is 0.573 e. The van der Waals surface area contributed by atoms with E-state index in [1.54, 1.807) is 0 Å². The summed E-state index contributed by atoms with van der Waals surface area (Å²) in [5.41, 5.74) is -0.927. The first-order valence-corrected chi connectivity index (χ1v) is 7.17. The highest BCUT2D eigenvalue weighted by atomic mass is 19.4. The molecule has 0 aromatic heterocycles. The van der Waals surface area contributed by atoms with E-state index >= 15 is 0 Å². The van der Waals surface area contributed by atoms with Gasteiger partial charge >= 0.3 is 12.3 Å².